The van der Waals surface area contributed by atoms with Gasteiger partial charge in [0.15, 0.2) is 16.1 Å². The molecule has 2 aromatic carbocycles. The molecule has 31 heavy (non-hydrogen) atoms. The van der Waals surface area contributed by atoms with Gasteiger partial charge in [-0.2, -0.15) is 0 Å². The second kappa shape index (κ2) is 9.82. The van der Waals surface area contributed by atoms with Gasteiger partial charge in [-0.15, -0.1) is 21.5 Å². The predicted octanol–water partition coefficient (Wildman–Crippen LogP) is 6.13. The third-order valence-corrected chi connectivity index (χ3v) is 6.63. The van der Waals surface area contributed by atoms with E-state index in [1.54, 1.807) is 12.1 Å². The smallest absolute Gasteiger partial charge is 0.236 e. The highest BCUT2D eigenvalue weighted by Crippen LogP contribution is 2.31. The topological polar surface area (TPSA) is 72.7 Å². The number of thiazole rings is 1. The molecule has 0 fully saturated rings. The van der Waals surface area contributed by atoms with Crippen molar-refractivity contribution in [3.8, 4) is 22.6 Å². The van der Waals surface area contributed by atoms with Crippen molar-refractivity contribution in [1.82, 2.24) is 19.7 Å². The maximum Gasteiger partial charge on any atom is 0.236 e. The SMILES string of the molecule is CCn1c(SCC(=O)Nc2nc(-c3ccccc3)cs2)nnc1-c1ccc(Cl)cc1Cl. The minimum absolute atomic E-state index is 0.157. The summed E-state index contributed by atoms with van der Waals surface area (Å²) < 4.78 is 1.92. The number of amides is 1. The normalized spacial score (nSPS) is 10.9. The van der Waals surface area contributed by atoms with Crippen molar-refractivity contribution in [2.75, 3.05) is 11.1 Å². The number of halogens is 2. The Bertz CT molecular complexity index is 1210. The highest BCUT2D eigenvalue weighted by molar-refractivity contribution is 7.99. The Balaban J connectivity index is 1.42. The van der Waals surface area contributed by atoms with E-state index in [1.807, 2.05) is 53.3 Å². The summed E-state index contributed by atoms with van der Waals surface area (Å²) in [5.74, 6) is 0.669. The minimum Gasteiger partial charge on any atom is -0.302 e. The number of nitrogens with one attached hydrogen (secondary N) is 1. The third-order valence-electron chi connectivity index (χ3n) is 4.36. The van der Waals surface area contributed by atoms with E-state index in [2.05, 4.69) is 20.5 Å². The third kappa shape index (κ3) is 5.10. The van der Waals surface area contributed by atoms with Crippen LogP contribution >= 0.6 is 46.3 Å². The Hall–Kier alpha value is -2.39. The van der Waals surface area contributed by atoms with Crippen LogP contribution in [0.3, 0.4) is 0 Å². The van der Waals surface area contributed by atoms with E-state index in [0.717, 1.165) is 16.8 Å². The van der Waals surface area contributed by atoms with Gasteiger partial charge in [0.25, 0.3) is 0 Å². The first kappa shape index (κ1) is 21.8. The van der Waals surface area contributed by atoms with Gasteiger partial charge in [0.2, 0.25) is 5.91 Å². The highest BCUT2D eigenvalue weighted by atomic mass is 35.5. The first-order valence-corrected chi connectivity index (χ1v) is 12.0. The maximum atomic E-state index is 12.4. The van der Waals surface area contributed by atoms with Gasteiger partial charge in [0, 0.05) is 28.1 Å². The van der Waals surface area contributed by atoms with Crippen molar-refractivity contribution in [1.29, 1.82) is 0 Å². The molecule has 0 radical (unpaired) electrons. The molecule has 10 heteroatoms. The van der Waals surface area contributed by atoms with E-state index < -0.39 is 0 Å². The molecule has 0 spiro atoms. The van der Waals surface area contributed by atoms with Crippen LogP contribution in [0.25, 0.3) is 22.6 Å². The molecule has 1 amide bonds. The van der Waals surface area contributed by atoms with Gasteiger partial charge in [0.1, 0.15) is 0 Å². The molecule has 0 aliphatic heterocycles. The zero-order valence-electron chi connectivity index (χ0n) is 16.4. The number of thioether (sulfide) groups is 1. The molecular weight excluding hydrogens is 473 g/mol. The molecule has 0 aliphatic carbocycles. The van der Waals surface area contributed by atoms with Crippen LogP contribution in [-0.4, -0.2) is 31.4 Å². The molecule has 0 aliphatic rings. The molecular formula is C21H17Cl2N5OS2. The predicted molar refractivity (Wildman–Crippen MR) is 128 cm³/mol. The van der Waals surface area contributed by atoms with Gasteiger partial charge in [-0.3, -0.25) is 4.79 Å². The standard InChI is InChI=1S/C21H17Cl2N5OS2/c1-2-28-19(15-9-8-14(22)10-16(15)23)26-27-21(28)31-12-18(29)25-20-24-17(11-30-20)13-6-4-3-5-7-13/h3-11H,2,12H2,1H3,(H,24,25,29). The minimum atomic E-state index is -0.157. The molecule has 0 saturated carbocycles. The monoisotopic (exact) mass is 489 g/mol. The van der Waals surface area contributed by atoms with Crippen molar-refractivity contribution >= 4 is 57.3 Å². The Morgan fingerprint density at radius 2 is 1.97 bits per heavy atom. The first-order valence-electron chi connectivity index (χ1n) is 9.37. The van der Waals surface area contributed by atoms with Crippen LogP contribution in [0.1, 0.15) is 6.92 Å². The van der Waals surface area contributed by atoms with Crippen LogP contribution in [-0.2, 0) is 11.3 Å². The Morgan fingerprint density at radius 1 is 1.16 bits per heavy atom. The zero-order valence-corrected chi connectivity index (χ0v) is 19.5. The highest BCUT2D eigenvalue weighted by Gasteiger charge is 2.17. The number of nitrogens with zero attached hydrogens (tertiary/aromatic N) is 4. The van der Waals surface area contributed by atoms with Gasteiger partial charge in [-0.05, 0) is 25.1 Å². The lowest BCUT2D eigenvalue weighted by Crippen LogP contribution is -2.14. The van der Waals surface area contributed by atoms with Gasteiger partial charge in [-0.1, -0.05) is 65.3 Å². The molecule has 2 aromatic heterocycles. The molecule has 4 aromatic rings. The Labute approximate surface area is 197 Å². The summed E-state index contributed by atoms with van der Waals surface area (Å²) in [7, 11) is 0. The number of hydrogen-bond acceptors (Lipinski definition) is 6. The molecule has 0 unspecified atom stereocenters. The van der Waals surface area contributed by atoms with Crippen molar-refractivity contribution in [2.24, 2.45) is 0 Å². The summed E-state index contributed by atoms with van der Waals surface area (Å²) in [6, 6.07) is 15.1. The first-order chi connectivity index (χ1) is 15.0. The molecule has 6 nitrogen and oxygen atoms in total. The van der Waals surface area contributed by atoms with Crippen LogP contribution in [0.5, 0.6) is 0 Å². The lowest BCUT2D eigenvalue weighted by molar-refractivity contribution is -0.113. The number of carbonyl (C=O) groups is 1. The number of aromatic nitrogens is 4. The van der Waals surface area contributed by atoms with Gasteiger partial charge in [0.05, 0.1) is 16.5 Å². The molecule has 1 N–H and O–H groups in total. The average Bonchev–Trinajstić information content (AvgIpc) is 3.39. The molecule has 158 valence electrons. The zero-order chi connectivity index (χ0) is 21.8. The lowest BCUT2D eigenvalue weighted by atomic mass is 10.2. The fraction of sp³-hybridized carbons (Fsp3) is 0.143. The van der Waals surface area contributed by atoms with E-state index in [0.29, 0.717) is 32.7 Å². The molecule has 0 atom stereocenters. The Morgan fingerprint density at radius 3 is 2.71 bits per heavy atom. The number of hydrogen-bond donors (Lipinski definition) is 1. The summed E-state index contributed by atoms with van der Waals surface area (Å²) in [4.78, 5) is 16.9. The van der Waals surface area contributed by atoms with Crippen molar-refractivity contribution in [3.63, 3.8) is 0 Å². The van der Waals surface area contributed by atoms with E-state index in [9.17, 15) is 4.79 Å². The lowest BCUT2D eigenvalue weighted by Gasteiger charge is -2.08. The number of carbonyl (C=O) groups excluding carboxylic acids is 1. The fourth-order valence-electron chi connectivity index (χ4n) is 2.91. The van der Waals surface area contributed by atoms with E-state index >= 15 is 0 Å². The second-order valence-corrected chi connectivity index (χ2v) is 9.06. The van der Waals surface area contributed by atoms with Crippen LogP contribution in [0.15, 0.2) is 59.1 Å². The molecule has 0 bridgehead atoms. The number of rotatable bonds is 7. The molecule has 4 rings (SSSR count). The maximum absolute atomic E-state index is 12.4. The summed E-state index contributed by atoms with van der Waals surface area (Å²) in [6.07, 6.45) is 0. The van der Waals surface area contributed by atoms with Gasteiger partial charge < -0.3 is 9.88 Å². The number of benzene rings is 2. The van der Waals surface area contributed by atoms with Gasteiger partial charge >= 0.3 is 0 Å². The van der Waals surface area contributed by atoms with Crippen molar-refractivity contribution < 1.29 is 4.79 Å². The number of anilines is 1. The van der Waals surface area contributed by atoms with Crippen LogP contribution in [0.4, 0.5) is 5.13 Å². The van der Waals surface area contributed by atoms with Crippen LogP contribution in [0, 0.1) is 0 Å². The summed E-state index contributed by atoms with van der Waals surface area (Å²) in [5.41, 5.74) is 2.59. The molecule has 0 saturated heterocycles. The average molecular weight is 490 g/mol. The largest absolute Gasteiger partial charge is 0.302 e. The quantitative estimate of drug-likeness (QED) is 0.316. The van der Waals surface area contributed by atoms with E-state index in [-0.39, 0.29) is 11.7 Å². The van der Waals surface area contributed by atoms with Crippen LogP contribution < -0.4 is 5.32 Å². The van der Waals surface area contributed by atoms with Crippen LogP contribution in [0.2, 0.25) is 10.0 Å². The summed E-state index contributed by atoms with van der Waals surface area (Å²) in [6.45, 7) is 2.62. The fourth-order valence-corrected chi connectivity index (χ4v) is 4.94. The Kier molecular flexibility index (Phi) is 6.92. The summed E-state index contributed by atoms with van der Waals surface area (Å²) >= 11 is 15.0. The van der Waals surface area contributed by atoms with E-state index in [4.69, 9.17) is 23.2 Å². The second-order valence-electron chi connectivity index (χ2n) is 6.42. The van der Waals surface area contributed by atoms with Crippen molar-refractivity contribution in [3.05, 3.63) is 64.0 Å². The van der Waals surface area contributed by atoms with Crippen molar-refractivity contribution in [2.45, 2.75) is 18.6 Å². The summed E-state index contributed by atoms with van der Waals surface area (Å²) in [5, 5.41) is 15.5. The molecule has 2 heterocycles. The van der Waals surface area contributed by atoms with Gasteiger partial charge in [-0.25, -0.2) is 4.98 Å². The van der Waals surface area contributed by atoms with E-state index in [1.165, 1.54) is 23.1 Å².